The molecule has 0 atom stereocenters. The van der Waals surface area contributed by atoms with Crippen LogP contribution in [-0.4, -0.2) is 29.3 Å². The molecule has 0 saturated heterocycles. The molecule has 0 bridgehead atoms. The summed E-state index contributed by atoms with van der Waals surface area (Å²) in [5.41, 5.74) is 0. The van der Waals surface area contributed by atoms with Crippen LogP contribution in [0.5, 0.6) is 0 Å². The number of likely N-dealkylation sites (N-methyl/N-ethyl adjacent to an activating group) is 1. The third-order valence-corrected chi connectivity index (χ3v) is 3.89. The Labute approximate surface area is 146 Å². The lowest BCUT2D eigenvalue weighted by atomic mass is 10.3. The van der Waals surface area contributed by atoms with Crippen LogP contribution in [0.1, 0.15) is 23.0 Å². The zero-order valence-electron chi connectivity index (χ0n) is 14.5. The summed E-state index contributed by atoms with van der Waals surface area (Å²) in [6.45, 7) is 3.67. The predicted octanol–water partition coefficient (Wildman–Crippen LogP) is 3.43. The second-order valence-electron chi connectivity index (χ2n) is 6.07. The van der Waals surface area contributed by atoms with Gasteiger partial charge in [-0.3, -0.25) is 9.69 Å². The fraction of sp³-hybridized carbons (Fsp3) is 0.316. The van der Waals surface area contributed by atoms with Crippen LogP contribution in [0, 0.1) is 6.92 Å². The van der Waals surface area contributed by atoms with Crippen molar-refractivity contribution in [2.24, 2.45) is 0 Å². The SMILES string of the molecule is Cc1ccc(CN(C)C(=O)CN(Cc2ccco2)Cc2ccco2)o1. The first-order valence-electron chi connectivity index (χ1n) is 8.16. The Hall–Kier alpha value is -2.73. The van der Waals surface area contributed by atoms with Gasteiger partial charge >= 0.3 is 0 Å². The van der Waals surface area contributed by atoms with E-state index in [0.717, 1.165) is 23.0 Å². The van der Waals surface area contributed by atoms with Crippen LogP contribution in [0.25, 0.3) is 0 Å². The van der Waals surface area contributed by atoms with Crippen LogP contribution in [0.15, 0.2) is 62.2 Å². The molecule has 0 spiro atoms. The lowest BCUT2D eigenvalue weighted by Crippen LogP contribution is -2.37. The van der Waals surface area contributed by atoms with Crippen LogP contribution in [0.2, 0.25) is 0 Å². The fourth-order valence-electron chi connectivity index (χ4n) is 2.62. The van der Waals surface area contributed by atoms with Crippen molar-refractivity contribution in [3.05, 3.63) is 72.0 Å². The molecular formula is C19H22N2O4. The highest BCUT2D eigenvalue weighted by atomic mass is 16.3. The monoisotopic (exact) mass is 342 g/mol. The van der Waals surface area contributed by atoms with Crippen LogP contribution in [0.3, 0.4) is 0 Å². The Morgan fingerprint density at radius 3 is 2.04 bits per heavy atom. The van der Waals surface area contributed by atoms with Gasteiger partial charge in [0.25, 0.3) is 0 Å². The van der Waals surface area contributed by atoms with E-state index < -0.39 is 0 Å². The Bertz CT molecular complexity index is 738. The van der Waals surface area contributed by atoms with Crippen LogP contribution in [-0.2, 0) is 24.4 Å². The molecule has 3 aromatic heterocycles. The number of furan rings is 3. The smallest absolute Gasteiger partial charge is 0.236 e. The summed E-state index contributed by atoms with van der Waals surface area (Å²) in [6.07, 6.45) is 3.27. The molecule has 3 heterocycles. The zero-order chi connectivity index (χ0) is 17.6. The van der Waals surface area contributed by atoms with Gasteiger partial charge in [0.15, 0.2) is 0 Å². The number of hydrogen-bond acceptors (Lipinski definition) is 5. The number of aryl methyl sites for hydroxylation is 1. The van der Waals surface area contributed by atoms with Crippen LogP contribution in [0.4, 0.5) is 0 Å². The number of amides is 1. The highest BCUT2D eigenvalue weighted by Gasteiger charge is 2.18. The first-order chi connectivity index (χ1) is 12.1. The molecule has 1 amide bonds. The van der Waals surface area contributed by atoms with Crippen molar-refractivity contribution in [2.75, 3.05) is 13.6 Å². The molecule has 0 saturated carbocycles. The van der Waals surface area contributed by atoms with Crippen molar-refractivity contribution in [3.8, 4) is 0 Å². The molecule has 6 heteroatoms. The molecule has 132 valence electrons. The second-order valence-corrected chi connectivity index (χ2v) is 6.07. The van der Waals surface area contributed by atoms with E-state index in [0.29, 0.717) is 19.6 Å². The average molecular weight is 342 g/mol. The Kier molecular flexibility index (Phi) is 5.40. The molecule has 0 N–H and O–H groups in total. The molecule has 0 unspecified atom stereocenters. The number of nitrogens with zero attached hydrogens (tertiary/aromatic N) is 2. The predicted molar refractivity (Wildman–Crippen MR) is 91.4 cm³/mol. The lowest BCUT2D eigenvalue weighted by molar-refractivity contribution is -0.132. The molecule has 0 radical (unpaired) electrons. The zero-order valence-corrected chi connectivity index (χ0v) is 14.5. The third kappa shape index (κ3) is 4.87. The highest BCUT2D eigenvalue weighted by Crippen LogP contribution is 2.13. The molecule has 3 aromatic rings. The van der Waals surface area contributed by atoms with E-state index in [4.69, 9.17) is 13.3 Å². The maximum Gasteiger partial charge on any atom is 0.236 e. The molecule has 6 nitrogen and oxygen atoms in total. The first-order valence-corrected chi connectivity index (χ1v) is 8.16. The Balaban J connectivity index is 1.62. The molecule has 0 aromatic carbocycles. The Morgan fingerprint density at radius 1 is 0.920 bits per heavy atom. The van der Waals surface area contributed by atoms with E-state index in [1.807, 2.05) is 48.2 Å². The molecule has 0 aliphatic heterocycles. The fourth-order valence-corrected chi connectivity index (χ4v) is 2.62. The van der Waals surface area contributed by atoms with Crippen molar-refractivity contribution in [1.29, 1.82) is 0 Å². The van der Waals surface area contributed by atoms with E-state index in [9.17, 15) is 4.79 Å². The lowest BCUT2D eigenvalue weighted by Gasteiger charge is -2.23. The standard InChI is InChI=1S/C19H22N2O4/c1-15-7-8-18(25-15)11-20(2)19(22)14-21(12-16-5-3-9-23-16)13-17-6-4-10-24-17/h3-10H,11-14H2,1-2H3. The van der Waals surface area contributed by atoms with E-state index in [2.05, 4.69) is 0 Å². The Morgan fingerprint density at radius 2 is 1.56 bits per heavy atom. The number of hydrogen-bond donors (Lipinski definition) is 0. The highest BCUT2D eigenvalue weighted by molar-refractivity contribution is 5.77. The van der Waals surface area contributed by atoms with E-state index in [1.165, 1.54) is 0 Å². The van der Waals surface area contributed by atoms with Crippen molar-refractivity contribution in [2.45, 2.75) is 26.6 Å². The van der Waals surface area contributed by atoms with Crippen LogP contribution >= 0.6 is 0 Å². The normalized spacial score (nSPS) is 11.2. The van der Waals surface area contributed by atoms with Crippen molar-refractivity contribution < 1.29 is 18.0 Å². The third-order valence-electron chi connectivity index (χ3n) is 3.89. The molecule has 3 rings (SSSR count). The van der Waals surface area contributed by atoms with Gasteiger partial charge in [-0.25, -0.2) is 0 Å². The minimum Gasteiger partial charge on any atom is -0.468 e. The van der Waals surface area contributed by atoms with Gasteiger partial charge in [-0.15, -0.1) is 0 Å². The molecule has 0 aliphatic carbocycles. The molecule has 0 aliphatic rings. The van der Waals surface area contributed by atoms with E-state index >= 15 is 0 Å². The number of rotatable bonds is 8. The summed E-state index contributed by atoms with van der Waals surface area (Å²) < 4.78 is 16.4. The van der Waals surface area contributed by atoms with Gasteiger partial charge in [-0.05, 0) is 43.3 Å². The summed E-state index contributed by atoms with van der Waals surface area (Å²) >= 11 is 0. The number of carbonyl (C=O) groups is 1. The molecule has 25 heavy (non-hydrogen) atoms. The topological polar surface area (TPSA) is 63.0 Å². The summed E-state index contributed by atoms with van der Waals surface area (Å²) in [7, 11) is 1.78. The summed E-state index contributed by atoms with van der Waals surface area (Å²) in [5, 5.41) is 0. The van der Waals surface area contributed by atoms with Gasteiger partial charge < -0.3 is 18.2 Å². The van der Waals surface area contributed by atoms with Gasteiger partial charge in [0.05, 0.1) is 38.7 Å². The van der Waals surface area contributed by atoms with Crippen molar-refractivity contribution in [3.63, 3.8) is 0 Å². The van der Waals surface area contributed by atoms with E-state index in [-0.39, 0.29) is 12.5 Å². The average Bonchev–Trinajstić information content (AvgIpc) is 3.31. The van der Waals surface area contributed by atoms with Gasteiger partial charge in [-0.1, -0.05) is 0 Å². The quantitative estimate of drug-likeness (QED) is 0.627. The van der Waals surface area contributed by atoms with E-state index in [1.54, 1.807) is 24.5 Å². The maximum atomic E-state index is 12.6. The maximum absolute atomic E-state index is 12.6. The largest absolute Gasteiger partial charge is 0.468 e. The summed E-state index contributed by atoms with van der Waals surface area (Å²) in [5.74, 6) is 3.24. The molecule has 0 fully saturated rings. The minimum absolute atomic E-state index is 0.00663. The number of carbonyl (C=O) groups excluding carboxylic acids is 1. The first kappa shape index (κ1) is 17.1. The van der Waals surface area contributed by atoms with Gasteiger partial charge in [0.1, 0.15) is 23.0 Å². The van der Waals surface area contributed by atoms with Gasteiger partial charge in [0, 0.05) is 7.05 Å². The van der Waals surface area contributed by atoms with Gasteiger partial charge in [0.2, 0.25) is 5.91 Å². The minimum atomic E-state index is 0.00663. The second kappa shape index (κ2) is 7.90. The molecular weight excluding hydrogens is 320 g/mol. The van der Waals surface area contributed by atoms with Gasteiger partial charge in [-0.2, -0.15) is 0 Å². The van der Waals surface area contributed by atoms with Crippen LogP contribution < -0.4 is 0 Å². The van der Waals surface area contributed by atoms with Crippen molar-refractivity contribution in [1.82, 2.24) is 9.80 Å². The van der Waals surface area contributed by atoms with Crippen molar-refractivity contribution >= 4 is 5.91 Å². The summed E-state index contributed by atoms with van der Waals surface area (Å²) in [4.78, 5) is 16.3. The summed E-state index contributed by atoms with van der Waals surface area (Å²) in [6, 6.07) is 11.3.